The van der Waals surface area contributed by atoms with Gasteiger partial charge in [-0.25, -0.2) is 0 Å². The maximum atomic E-state index is 3.95. The number of hydrogen-bond acceptors (Lipinski definition) is 0. The van der Waals surface area contributed by atoms with Crippen molar-refractivity contribution in [2.75, 3.05) is 0 Å². The highest BCUT2D eigenvalue weighted by atomic mass is 14.4. The summed E-state index contributed by atoms with van der Waals surface area (Å²) in [5, 5.41) is 0. The van der Waals surface area contributed by atoms with Crippen LogP contribution in [0.25, 0.3) is 0 Å². The second-order valence-electron chi connectivity index (χ2n) is 2.78. The lowest BCUT2D eigenvalue weighted by Gasteiger charge is -2.30. The third-order valence-corrected chi connectivity index (χ3v) is 2.36. The monoisotopic (exact) mass is 106 g/mol. The molecular weight excluding hydrogens is 96.1 g/mol. The molecule has 0 aromatic carbocycles. The topological polar surface area (TPSA) is 0 Å². The molecule has 2 aliphatic rings. The van der Waals surface area contributed by atoms with Crippen molar-refractivity contribution in [3.8, 4) is 0 Å². The van der Waals surface area contributed by atoms with Crippen LogP contribution < -0.4 is 0 Å². The first-order valence-electron chi connectivity index (χ1n) is 3.25. The van der Waals surface area contributed by atoms with Crippen LogP contribution in [0, 0.1) is 11.8 Å². The van der Waals surface area contributed by atoms with E-state index in [2.05, 4.69) is 18.7 Å². The van der Waals surface area contributed by atoms with Gasteiger partial charge < -0.3 is 0 Å². The minimum absolute atomic E-state index is 0.856. The Hall–Kier alpha value is -0.520. The van der Waals surface area contributed by atoms with Crippen LogP contribution in [-0.4, -0.2) is 0 Å². The molecule has 0 N–H and O–H groups in total. The number of hydrogen-bond donors (Lipinski definition) is 0. The fourth-order valence-corrected chi connectivity index (χ4v) is 1.59. The molecule has 0 aliphatic heterocycles. The lowest BCUT2D eigenvalue weighted by molar-refractivity contribution is 0.290. The first-order chi connectivity index (χ1) is 3.88. The summed E-state index contributed by atoms with van der Waals surface area (Å²) >= 11 is 0. The van der Waals surface area contributed by atoms with Crippen LogP contribution >= 0.6 is 0 Å². The predicted octanol–water partition coefficient (Wildman–Crippen LogP) is 2.14. The zero-order valence-electron chi connectivity index (χ0n) is 4.93. The summed E-state index contributed by atoms with van der Waals surface area (Å²) in [7, 11) is 0. The second kappa shape index (κ2) is 1.25. The maximum Gasteiger partial charge on any atom is -0.0105 e. The minimum Gasteiger partial charge on any atom is -0.0955 e. The Morgan fingerprint density at radius 2 is 2.38 bits per heavy atom. The van der Waals surface area contributed by atoms with Gasteiger partial charge in [0.2, 0.25) is 0 Å². The molecule has 2 aliphatic carbocycles. The molecule has 8 heavy (non-hydrogen) atoms. The average molecular weight is 106 g/mol. The van der Waals surface area contributed by atoms with Crippen molar-refractivity contribution in [3.05, 3.63) is 24.3 Å². The molecule has 1 saturated carbocycles. The standard InChI is InChI=1S/C8H10/c1-6-2-3-7-4-5-8(6)7/h2-3,7-8H,1,4-5H2. The summed E-state index contributed by atoms with van der Waals surface area (Å²) in [5.41, 5.74) is 1.36. The van der Waals surface area contributed by atoms with Gasteiger partial charge in [0.1, 0.15) is 0 Å². The van der Waals surface area contributed by atoms with E-state index in [1.54, 1.807) is 0 Å². The van der Waals surface area contributed by atoms with Gasteiger partial charge >= 0.3 is 0 Å². The normalized spacial score (nSPS) is 41.8. The molecule has 2 atom stereocenters. The van der Waals surface area contributed by atoms with Crippen LogP contribution in [0.3, 0.4) is 0 Å². The number of fused-ring (bicyclic) bond motifs is 1. The van der Waals surface area contributed by atoms with Gasteiger partial charge in [-0.05, 0) is 24.7 Å². The molecule has 0 nitrogen and oxygen atoms in total. The molecule has 0 bridgehead atoms. The van der Waals surface area contributed by atoms with Gasteiger partial charge in [0.05, 0.1) is 0 Å². The summed E-state index contributed by atoms with van der Waals surface area (Å²) in [6, 6.07) is 0. The third-order valence-electron chi connectivity index (χ3n) is 2.36. The molecule has 0 spiro atoms. The van der Waals surface area contributed by atoms with Crippen molar-refractivity contribution < 1.29 is 0 Å². The molecule has 0 amide bonds. The van der Waals surface area contributed by atoms with Gasteiger partial charge in [-0.1, -0.05) is 24.3 Å². The Bertz CT molecular complexity index is 153. The Morgan fingerprint density at radius 1 is 1.50 bits per heavy atom. The van der Waals surface area contributed by atoms with E-state index in [4.69, 9.17) is 0 Å². The molecule has 1 fully saturated rings. The van der Waals surface area contributed by atoms with Crippen LogP contribution in [0.4, 0.5) is 0 Å². The third kappa shape index (κ3) is 0.360. The lowest BCUT2D eigenvalue weighted by Crippen LogP contribution is -2.20. The Kier molecular flexibility index (Phi) is 0.682. The summed E-state index contributed by atoms with van der Waals surface area (Å²) in [6.07, 6.45) is 7.27. The molecule has 0 radical (unpaired) electrons. The van der Waals surface area contributed by atoms with E-state index in [0.29, 0.717) is 0 Å². The number of rotatable bonds is 0. The fourth-order valence-electron chi connectivity index (χ4n) is 1.59. The van der Waals surface area contributed by atoms with E-state index < -0.39 is 0 Å². The first-order valence-corrected chi connectivity index (χ1v) is 3.25. The van der Waals surface area contributed by atoms with Crippen LogP contribution in [0.1, 0.15) is 12.8 Å². The lowest BCUT2D eigenvalue weighted by atomic mass is 9.75. The van der Waals surface area contributed by atoms with Gasteiger partial charge in [0.25, 0.3) is 0 Å². The van der Waals surface area contributed by atoms with Gasteiger partial charge in [0, 0.05) is 0 Å². The van der Waals surface area contributed by atoms with E-state index in [-0.39, 0.29) is 0 Å². The van der Waals surface area contributed by atoms with Crippen LogP contribution in [0.5, 0.6) is 0 Å². The van der Waals surface area contributed by atoms with Crippen molar-refractivity contribution in [1.82, 2.24) is 0 Å². The Balaban J connectivity index is 2.25. The van der Waals surface area contributed by atoms with E-state index in [9.17, 15) is 0 Å². The van der Waals surface area contributed by atoms with Crippen molar-refractivity contribution in [2.45, 2.75) is 12.8 Å². The van der Waals surface area contributed by atoms with E-state index >= 15 is 0 Å². The predicted molar refractivity (Wildman–Crippen MR) is 34.5 cm³/mol. The smallest absolute Gasteiger partial charge is 0.0105 e. The van der Waals surface area contributed by atoms with Crippen molar-refractivity contribution in [1.29, 1.82) is 0 Å². The Morgan fingerprint density at radius 3 is 2.62 bits per heavy atom. The van der Waals surface area contributed by atoms with Gasteiger partial charge in [0.15, 0.2) is 0 Å². The highest BCUT2D eigenvalue weighted by molar-refractivity contribution is 5.30. The highest BCUT2D eigenvalue weighted by Gasteiger charge is 2.33. The zero-order chi connectivity index (χ0) is 5.56. The van der Waals surface area contributed by atoms with Gasteiger partial charge in [-0.3, -0.25) is 0 Å². The average Bonchev–Trinajstić information content (AvgIpc) is 1.80. The first kappa shape index (κ1) is 4.37. The molecule has 0 heteroatoms. The van der Waals surface area contributed by atoms with E-state index in [1.807, 2.05) is 0 Å². The SMILES string of the molecule is C=C1C=CC2CCC12. The van der Waals surface area contributed by atoms with Crippen LogP contribution in [-0.2, 0) is 0 Å². The second-order valence-corrected chi connectivity index (χ2v) is 2.78. The highest BCUT2D eigenvalue weighted by Crippen LogP contribution is 2.44. The maximum absolute atomic E-state index is 3.95. The number of allylic oxidation sites excluding steroid dienone is 3. The Labute approximate surface area is 49.9 Å². The van der Waals surface area contributed by atoms with Crippen molar-refractivity contribution >= 4 is 0 Å². The molecule has 0 aromatic heterocycles. The minimum atomic E-state index is 0.856. The van der Waals surface area contributed by atoms with Gasteiger partial charge in [-0.15, -0.1) is 0 Å². The van der Waals surface area contributed by atoms with Crippen molar-refractivity contribution in [3.63, 3.8) is 0 Å². The molecular formula is C8H10. The molecule has 42 valence electrons. The summed E-state index contributed by atoms with van der Waals surface area (Å²) in [4.78, 5) is 0. The van der Waals surface area contributed by atoms with Crippen LogP contribution in [0.2, 0.25) is 0 Å². The summed E-state index contributed by atoms with van der Waals surface area (Å²) < 4.78 is 0. The molecule has 2 unspecified atom stereocenters. The van der Waals surface area contributed by atoms with E-state index in [0.717, 1.165) is 11.8 Å². The molecule has 0 saturated heterocycles. The molecule has 0 heterocycles. The molecule has 0 aromatic rings. The van der Waals surface area contributed by atoms with Crippen LogP contribution in [0.15, 0.2) is 24.3 Å². The quantitative estimate of drug-likeness (QED) is 0.444. The molecule has 2 rings (SSSR count). The van der Waals surface area contributed by atoms with E-state index in [1.165, 1.54) is 18.4 Å². The fraction of sp³-hybridized carbons (Fsp3) is 0.500. The summed E-state index contributed by atoms with van der Waals surface area (Å²) in [5.74, 6) is 1.75. The van der Waals surface area contributed by atoms with Gasteiger partial charge in [-0.2, -0.15) is 0 Å². The van der Waals surface area contributed by atoms with Crippen molar-refractivity contribution in [2.24, 2.45) is 11.8 Å². The largest absolute Gasteiger partial charge is 0.0955 e. The zero-order valence-corrected chi connectivity index (χ0v) is 4.93. The summed E-state index contributed by atoms with van der Waals surface area (Å²) in [6.45, 7) is 3.95.